The number of hydrogen-bond acceptors (Lipinski definition) is 3. The predicted molar refractivity (Wildman–Crippen MR) is 62.1 cm³/mol. The molecule has 1 heterocycles. The Balaban J connectivity index is 2.70. The van der Waals surface area contributed by atoms with Gasteiger partial charge in [-0.3, -0.25) is 4.79 Å². The summed E-state index contributed by atoms with van der Waals surface area (Å²) >= 11 is 3.23. The molecular formula is C10H9BrN2O3. The van der Waals surface area contributed by atoms with Crippen molar-refractivity contribution >= 4 is 33.5 Å². The van der Waals surface area contributed by atoms with Gasteiger partial charge >= 0.3 is 5.97 Å². The Morgan fingerprint density at radius 1 is 1.50 bits per heavy atom. The second-order valence-corrected chi connectivity index (χ2v) is 3.74. The first-order valence-corrected chi connectivity index (χ1v) is 5.12. The Kier molecular flexibility index (Phi) is 4.19. The number of pyridine rings is 1. The third kappa shape index (κ3) is 3.82. The topological polar surface area (TPSA) is 79.3 Å². The van der Waals surface area contributed by atoms with Crippen LogP contribution in [-0.4, -0.2) is 22.0 Å². The first-order chi connectivity index (χ1) is 7.49. The summed E-state index contributed by atoms with van der Waals surface area (Å²) < 4.78 is 0.701. The number of halogens is 1. The first kappa shape index (κ1) is 12.4. The van der Waals surface area contributed by atoms with E-state index in [9.17, 15) is 9.59 Å². The standard InChI is InChI=1S/C10H9BrN2O3/c1-6-4-7(5-12-10(6)11)13-8(14)2-3-9(15)16/h2-5H,1H3,(H,13,14)(H,15,16)/b3-2+. The van der Waals surface area contributed by atoms with Crippen LogP contribution in [0.3, 0.4) is 0 Å². The molecule has 0 atom stereocenters. The van der Waals surface area contributed by atoms with Gasteiger partial charge in [-0.1, -0.05) is 0 Å². The van der Waals surface area contributed by atoms with Gasteiger partial charge in [0.2, 0.25) is 5.91 Å². The highest BCUT2D eigenvalue weighted by atomic mass is 79.9. The largest absolute Gasteiger partial charge is 0.478 e. The van der Waals surface area contributed by atoms with Gasteiger partial charge in [-0.05, 0) is 34.5 Å². The second-order valence-electron chi connectivity index (χ2n) is 2.99. The maximum absolute atomic E-state index is 11.2. The fourth-order valence-corrected chi connectivity index (χ4v) is 1.17. The SMILES string of the molecule is Cc1cc(NC(=O)/C=C/C(=O)O)cnc1Br. The quantitative estimate of drug-likeness (QED) is 0.654. The lowest BCUT2D eigenvalue weighted by Gasteiger charge is -2.03. The molecule has 5 nitrogen and oxygen atoms in total. The number of aromatic nitrogens is 1. The van der Waals surface area contributed by atoms with Gasteiger partial charge in [-0.2, -0.15) is 0 Å². The summed E-state index contributed by atoms with van der Waals surface area (Å²) in [7, 11) is 0. The molecule has 2 N–H and O–H groups in total. The van der Waals surface area contributed by atoms with Gasteiger partial charge in [0.25, 0.3) is 0 Å². The van der Waals surface area contributed by atoms with Crippen LogP contribution in [0, 0.1) is 6.92 Å². The third-order valence-corrected chi connectivity index (χ3v) is 2.49. The lowest BCUT2D eigenvalue weighted by Crippen LogP contribution is -2.09. The van der Waals surface area contributed by atoms with Crippen molar-refractivity contribution in [3.8, 4) is 0 Å². The zero-order valence-electron chi connectivity index (χ0n) is 8.40. The number of aryl methyl sites for hydroxylation is 1. The smallest absolute Gasteiger partial charge is 0.328 e. The van der Waals surface area contributed by atoms with E-state index in [-0.39, 0.29) is 0 Å². The summed E-state index contributed by atoms with van der Waals surface area (Å²) in [5.41, 5.74) is 1.39. The summed E-state index contributed by atoms with van der Waals surface area (Å²) in [4.78, 5) is 25.4. The molecular weight excluding hydrogens is 276 g/mol. The van der Waals surface area contributed by atoms with Crippen molar-refractivity contribution in [3.05, 3.63) is 34.6 Å². The number of aliphatic carboxylic acids is 1. The number of nitrogens with zero attached hydrogens (tertiary/aromatic N) is 1. The van der Waals surface area contributed by atoms with Crippen molar-refractivity contribution < 1.29 is 14.7 Å². The molecule has 6 heteroatoms. The molecule has 0 aromatic carbocycles. The van der Waals surface area contributed by atoms with Gasteiger partial charge < -0.3 is 10.4 Å². The summed E-state index contributed by atoms with van der Waals surface area (Å²) in [6, 6.07) is 1.73. The lowest BCUT2D eigenvalue weighted by molar-refractivity contribution is -0.131. The zero-order chi connectivity index (χ0) is 12.1. The van der Waals surface area contributed by atoms with Crippen LogP contribution in [-0.2, 0) is 9.59 Å². The number of carboxylic acids is 1. The van der Waals surface area contributed by atoms with E-state index >= 15 is 0 Å². The van der Waals surface area contributed by atoms with Gasteiger partial charge in [0.15, 0.2) is 0 Å². The van der Waals surface area contributed by atoms with Crippen molar-refractivity contribution in [3.63, 3.8) is 0 Å². The molecule has 16 heavy (non-hydrogen) atoms. The van der Waals surface area contributed by atoms with Gasteiger partial charge in [-0.15, -0.1) is 0 Å². The molecule has 1 rings (SSSR count). The molecule has 0 aliphatic heterocycles. The number of hydrogen-bond donors (Lipinski definition) is 2. The predicted octanol–water partition coefficient (Wildman–Crippen LogP) is 1.73. The monoisotopic (exact) mass is 284 g/mol. The molecule has 0 spiro atoms. The van der Waals surface area contributed by atoms with Crippen molar-refractivity contribution in [2.45, 2.75) is 6.92 Å². The molecule has 0 aliphatic rings. The Hall–Kier alpha value is -1.69. The Labute approximate surface area is 100 Å². The Morgan fingerprint density at radius 2 is 2.19 bits per heavy atom. The summed E-state index contributed by atoms with van der Waals surface area (Å²) in [6.45, 7) is 1.83. The van der Waals surface area contributed by atoms with Crippen molar-refractivity contribution in [2.75, 3.05) is 5.32 Å². The normalized spacial score (nSPS) is 10.4. The molecule has 84 valence electrons. The van der Waals surface area contributed by atoms with E-state index in [1.165, 1.54) is 6.20 Å². The minimum Gasteiger partial charge on any atom is -0.478 e. The molecule has 1 amide bonds. The van der Waals surface area contributed by atoms with Crippen LogP contribution >= 0.6 is 15.9 Å². The molecule has 0 fully saturated rings. The minimum atomic E-state index is -1.17. The molecule has 0 bridgehead atoms. The highest BCUT2D eigenvalue weighted by molar-refractivity contribution is 9.10. The summed E-state index contributed by atoms with van der Waals surface area (Å²) in [6.07, 6.45) is 3.19. The molecule has 0 saturated heterocycles. The van der Waals surface area contributed by atoms with E-state index in [0.29, 0.717) is 10.3 Å². The Morgan fingerprint density at radius 3 is 2.75 bits per heavy atom. The van der Waals surface area contributed by atoms with E-state index in [1.54, 1.807) is 6.07 Å². The Bertz CT molecular complexity index is 457. The van der Waals surface area contributed by atoms with Crippen LogP contribution in [0.15, 0.2) is 29.0 Å². The van der Waals surface area contributed by atoms with Crippen molar-refractivity contribution in [1.82, 2.24) is 4.98 Å². The molecule has 1 aromatic rings. The van der Waals surface area contributed by atoms with Crippen LogP contribution in [0.5, 0.6) is 0 Å². The fourth-order valence-electron chi connectivity index (χ4n) is 0.957. The average Bonchev–Trinajstić information content (AvgIpc) is 2.21. The second kappa shape index (κ2) is 5.41. The third-order valence-electron chi connectivity index (χ3n) is 1.66. The summed E-state index contributed by atoms with van der Waals surface area (Å²) in [5, 5.41) is 10.8. The van der Waals surface area contributed by atoms with E-state index in [2.05, 4.69) is 26.2 Å². The van der Waals surface area contributed by atoms with Crippen LogP contribution < -0.4 is 5.32 Å². The first-order valence-electron chi connectivity index (χ1n) is 4.33. The fraction of sp³-hybridized carbons (Fsp3) is 0.100. The lowest BCUT2D eigenvalue weighted by atomic mass is 10.3. The zero-order valence-corrected chi connectivity index (χ0v) is 9.98. The van der Waals surface area contributed by atoms with Crippen LogP contribution in [0.4, 0.5) is 5.69 Å². The van der Waals surface area contributed by atoms with Crippen molar-refractivity contribution in [1.29, 1.82) is 0 Å². The van der Waals surface area contributed by atoms with E-state index < -0.39 is 11.9 Å². The van der Waals surface area contributed by atoms with Gasteiger partial charge in [0.1, 0.15) is 4.60 Å². The molecule has 0 radical (unpaired) electrons. The molecule has 0 aliphatic carbocycles. The highest BCUT2D eigenvalue weighted by Gasteiger charge is 2.01. The maximum atomic E-state index is 11.2. The maximum Gasteiger partial charge on any atom is 0.328 e. The van der Waals surface area contributed by atoms with Crippen LogP contribution in [0.25, 0.3) is 0 Å². The van der Waals surface area contributed by atoms with E-state index in [1.807, 2.05) is 6.92 Å². The number of carboxylic acid groups (broad SMARTS) is 1. The van der Waals surface area contributed by atoms with Gasteiger partial charge in [-0.25, -0.2) is 9.78 Å². The van der Waals surface area contributed by atoms with Gasteiger partial charge in [0.05, 0.1) is 11.9 Å². The number of carbonyl (C=O) groups is 2. The van der Waals surface area contributed by atoms with E-state index in [0.717, 1.165) is 17.7 Å². The number of anilines is 1. The van der Waals surface area contributed by atoms with E-state index in [4.69, 9.17) is 5.11 Å². The highest BCUT2D eigenvalue weighted by Crippen LogP contribution is 2.16. The van der Waals surface area contributed by atoms with Gasteiger partial charge in [0, 0.05) is 12.2 Å². The minimum absolute atomic E-state index is 0.508. The average molecular weight is 285 g/mol. The van der Waals surface area contributed by atoms with Crippen LogP contribution in [0.2, 0.25) is 0 Å². The van der Waals surface area contributed by atoms with Crippen molar-refractivity contribution in [2.24, 2.45) is 0 Å². The number of rotatable bonds is 3. The number of amides is 1. The summed E-state index contributed by atoms with van der Waals surface area (Å²) in [5.74, 6) is -1.67. The molecule has 1 aromatic heterocycles. The number of carbonyl (C=O) groups excluding carboxylic acids is 1. The molecule has 0 saturated carbocycles. The number of nitrogens with one attached hydrogen (secondary N) is 1. The van der Waals surface area contributed by atoms with Crippen LogP contribution in [0.1, 0.15) is 5.56 Å². The molecule has 0 unspecified atom stereocenters.